The molecule has 1 aliphatic rings. The minimum atomic E-state index is -3.87. The van der Waals surface area contributed by atoms with Crippen LogP contribution in [-0.2, 0) is 10.0 Å². The van der Waals surface area contributed by atoms with Crippen LogP contribution in [0.25, 0.3) is 0 Å². The molecule has 3 rings (SSSR count). The quantitative estimate of drug-likeness (QED) is 0.400. The fourth-order valence-electron chi connectivity index (χ4n) is 3.87. The van der Waals surface area contributed by atoms with Gasteiger partial charge in [0.25, 0.3) is 10.0 Å². The summed E-state index contributed by atoms with van der Waals surface area (Å²) < 4.78 is 28.7. The normalized spacial score (nSPS) is 18.7. The van der Waals surface area contributed by atoms with E-state index < -0.39 is 10.0 Å². The van der Waals surface area contributed by atoms with Crippen LogP contribution in [0.3, 0.4) is 0 Å². The first-order valence-corrected chi connectivity index (χ1v) is 14.1. The summed E-state index contributed by atoms with van der Waals surface area (Å²) in [5.41, 5.74) is 0.386. The molecule has 0 aliphatic carbocycles. The minimum absolute atomic E-state index is 0.167. The number of benzene rings is 2. The van der Waals surface area contributed by atoms with Crippen molar-refractivity contribution in [2.24, 2.45) is 0 Å². The van der Waals surface area contributed by atoms with Gasteiger partial charge in [-0.1, -0.05) is 34.8 Å². The van der Waals surface area contributed by atoms with Crippen molar-refractivity contribution in [1.29, 1.82) is 0 Å². The first-order valence-electron chi connectivity index (χ1n) is 10.2. The molecule has 0 aromatic heterocycles. The lowest BCUT2D eigenvalue weighted by atomic mass is 10.1. The van der Waals surface area contributed by atoms with Crippen molar-refractivity contribution in [3.8, 4) is 0 Å². The maximum absolute atomic E-state index is 13.7. The maximum atomic E-state index is 13.7. The Balaban J connectivity index is 1.90. The summed E-state index contributed by atoms with van der Waals surface area (Å²) in [5, 5.41) is 1.89. The van der Waals surface area contributed by atoms with Crippen molar-refractivity contribution in [2.75, 3.05) is 30.2 Å². The van der Waals surface area contributed by atoms with Crippen molar-refractivity contribution >= 4 is 62.3 Å². The van der Waals surface area contributed by atoms with E-state index in [2.05, 4.69) is 11.2 Å². The molecule has 0 spiro atoms. The molecule has 1 saturated heterocycles. The monoisotopic (exact) mass is 520 g/mol. The van der Waals surface area contributed by atoms with Gasteiger partial charge in [0.15, 0.2) is 0 Å². The molecule has 0 saturated carbocycles. The third kappa shape index (κ3) is 6.24. The van der Waals surface area contributed by atoms with Gasteiger partial charge in [-0.05, 0) is 81.5 Å². The van der Waals surface area contributed by atoms with Gasteiger partial charge in [-0.25, -0.2) is 8.42 Å². The zero-order chi connectivity index (χ0) is 22.6. The van der Waals surface area contributed by atoms with Gasteiger partial charge >= 0.3 is 0 Å². The van der Waals surface area contributed by atoms with Crippen LogP contribution in [0.15, 0.2) is 47.4 Å². The number of hydrogen-bond acceptors (Lipinski definition) is 4. The average Bonchev–Trinajstić information content (AvgIpc) is 2.75. The van der Waals surface area contributed by atoms with Crippen LogP contribution in [0.5, 0.6) is 0 Å². The molecule has 0 radical (unpaired) electrons. The van der Waals surface area contributed by atoms with Crippen LogP contribution in [-0.4, -0.2) is 50.5 Å². The fraction of sp³-hybridized carbons (Fsp3) is 0.455. The van der Waals surface area contributed by atoms with E-state index in [0.717, 1.165) is 19.6 Å². The molecule has 9 heteroatoms. The predicted molar refractivity (Wildman–Crippen MR) is 135 cm³/mol. The molecule has 1 aliphatic heterocycles. The zero-order valence-corrected chi connectivity index (χ0v) is 21.5. The van der Waals surface area contributed by atoms with Crippen LogP contribution in [0, 0.1) is 0 Å². The van der Waals surface area contributed by atoms with Crippen molar-refractivity contribution in [1.82, 2.24) is 4.90 Å². The molecule has 2 aromatic carbocycles. The van der Waals surface area contributed by atoms with Crippen LogP contribution in [0.1, 0.15) is 26.2 Å². The molecule has 170 valence electrons. The highest BCUT2D eigenvalue weighted by molar-refractivity contribution is 7.99. The second-order valence-electron chi connectivity index (χ2n) is 7.79. The van der Waals surface area contributed by atoms with Crippen LogP contribution in [0.4, 0.5) is 5.69 Å². The topological polar surface area (TPSA) is 40.6 Å². The number of piperidine rings is 1. The van der Waals surface area contributed by atoms with E-state index in [1.165, 1.54) is 29.3 Å². The summed E-state index contributed by atoms with van der Waals surface area (Å²) >= 11 is 20.5. The van der Waals surface area contributed by atoms with E-state index in [4.69, 9.17) is 34.8 Å². The van der Waals surface area contributed by atoms with Crippen LogP contribution >= 0.6 is 46.6 Å². The lowest BCUT2D eigenvalue weighted by Gasteiger charge is -2.35. The lowest BCUT2D eigenvalue weighted by molar-refractivity contribution is 0.227. The van der Waals surface area contributed by atoms with Gasteiger partial charge in [0.2, 0.25) is 0 Å². The van der Waals surface area contributed by atoms with Crippen molar-refractivity contribution < 1.29 is 8.42 Å². The highest BCUT2D eigenvalue weighted by atomic mass is 35.5. The zero-order valence-electron chi connectivity index (χ0n) is 17.6. The number of anilines is 1. The van der Waals surface area contributed by atoms with E-state index >= 15 is 0 Å². The Morgan fingerprint density at radius 2 is 1.81 bits per heavy atom. The summed E-state index contributed by atoms with van der Waals surface area (Å²) in [4.78, 5) is 2.59. The summed E-state index contributed by atoms with van der Waals surface area (Å²) in [6.07, 6.45) is 5.24. The van der Waals surface area contributed by atoms with Crippen LogP contribution in [0.2, 0.25) is 15.1 Å². The second kappa shape index (κ2) is 11.0. The third-order valence-corrected chi connectivity index (χ3v) is 9.38. The van der Waals surface area contributed by atoms with Gasteiger partial charge in [0.1, 0.15) is 0 Å². The average molecular weight is 522 g/mol. The molecule has 1 heterocycles. The van der Waals surface area contributed by atoms with Gasteiger partial charge in [0, 0.05) is 34.4 Å². The van der Waals surface area contributed by atoms with Gasteiger partial charge in [0.05, 0.1) is 15.6 Å². The molecule has 1 fully saturated rings. The van der Waals surface area contributed by atoms with Crippen molar-refractivity contribution in [3.05, 3.63) is 57.5 Å². The molecule has 0 amide bonds. The molecule has 4 nitrogen and oxygen atoms in total. The second-order valence-corrected chi connectivity index (χ2v) is 12.0. The molecule has 0 N–H and O–H groups in total. The predicted octanol–water partition coefficient (Wildman–Crippen LogP) is 6.45. The molecular weight excluding hydrogens is 495 g/mol. The highest BCUT2D eigenvalue weighted by Gasteiger charge is 2.32. The largest absolute Gasteiger partial charge is 0.302 e. The van der Waals surface area contributed by atoms with E-state index in [-0.39, 0.29) is 10.9 Å². The van der Waals surface area contributed by atoms with Gasteiger partial charge in [-0.3, -0.25) is 4.31 Å². The Labute approximate surface area is 204 Å². The minimum Gasteiger partial charge on any atom is -0.302 e. The first kappa shape index (κ1) is 25.0. The summed E-state index contributed by atoms with van der Waals surface area (Å²) in [6.45, 7) is 4.82. The molecule has 1 unspecified atom stereocenters. The third-order valence-electron chi connectivity index (χ3n) is 5.58. The van der Waals surface area contributed by atoms with Gasteiger partial charge < -0.3 is 4.90 Å². The Bertz CT molecular complexity index is 987. The Morgan fingerprint density at radius 3 is 2.48 bits per heavy atom. The highest BCUT2D eigenvalue weighted by Crippen LogP contribution is 2.35. The number of rotatable bonds is 8. The number of halogens is 3. The summed E-state index contributed by atoms with van der Waals surface area (Å²) in [6, 6.07) is 10.8. The van der Waals surface area contributed by atoms with Crippen LogP contribution < -0.4 is 4.31 Å². The first-order chi connectivity index (χ1) is 14.7. The standard InChI is InChI=1S/C22H27Cl3N2O2S2/c1-16(11-13-26-12-3-4-19(15-26)30-2)27(22-14-18(24)7-10-21(22)25)31(28,29)20-8-5-17(23)6-9-20/h5-10,14,16,19H,3-4,11-13,15H2,1-2H3/t16-,19?/m1/s1. The summed E-state index contributed by atoms with van der Waals surface area (Å²) in [5.74, 6) is 0. The SMILES string of the molecule is CSC1CCCN(CC[C@@H](C)N(c2cc(Cl)ccc2Cl)S(=O)(=O)c2ccc(Cl)cc2)C1. The molecule has 31 heavy (non-hydrogen) atoms. The van der Waals surface area contributed by atoms with E-state index in [0.29, 0.717) is 32.4 Å². The Kier molecular flexibility index (Phi) is 8.87. The van der Waals surface area contributed by atoms with E-state index in [9.17, 15) is 8.42 Å². The molecule has 2 aromatic rings. The molecule has 2 atom stereocenters. The van der Waals surface area contributed by atoms with E-state index in [1.54, 1.807) is 30.3 Å². The Morgan fingerprint density at radius 1 is 1.13 bits per heavy atom. The molecule has 0 bridgehead atoms. The fourth-order valence-corrected chi connectivity index (χ4v) is 6.88. The number of thioether (sulfide) groups is 1. The maximum Gasteiger partial charge on any atom is 0.264 e. The van der Waals surface area contributed by atoms with Crippen molar-refractivity contribution in [3.63, 3.8) is 0 Å². The van der Waals surface area contributed by atoms with E-state index in [1.807, 2.05) is 18.7 Å². The number of nitrogens with zero attached hydrogens (tertiary/aromatic N) is 2. The van der Waals surface area contributed by atoms with Crippen molar-refractivity contribution in [2.45, 2.75) is 42.4 Å². The number of sulfonamides is 1. The smallest absolute Gasteiger partial charge is 0.264 e. The number of likely N-dealkylation sites (tertiary alicyclic amines) is 1. The van der Waals surface area contributed by atoms with Gasteiger partial charge in [-0.15, -0.1) is 0 Å². The lowest BCUT2D eigenvalue weighted by Crippen LogP contribution is -2.43. The number of hydrogen-bond donors (Lipinski definition) is 0. The molecular formula is C22H27Cl3N2O2S2. The van der Waals surface area contributed by atoms with Gasteiger partial charge in [-0.2, -0.15) is 11.8 Å². The Hall–Kier alpha value is -0.630. The summed E-state index contributed by atoms with van der Waals surface area (Å²) in [7, 11) is -3.87.